The van der Waals surface area contributed by atoms with Crippen LogP contribution in [-0.4, -0.2) is 34.2 Å². The van der Waals surface area contributed by atoms with Gasteiger partial charge in [0.2, 0.25) is 5.91 Å². The molecule has 0 spiro atoms. The molecular formula is C20H17ClN2O3S2. The number of nitrogens with zero attached hydrogens (tertiary/aromatic N) is 1. The maximum Gasteiger partial charge on any atom is 0.266 e. The van der Waals surface area contributed by atoms with E-state index < -0.39 is 6.04 Å². The number of carbonyl (C=O) groups excluding carboxylic acids is 2. The number of benzene rings is 2. The quantitative estimate of drug-likeness (QED) is 0.553. The van der Waals surface area contributed by atoms with Gasteiger partial charge in [-0.2, -0.15) is 0 Å². The van der Waals surface area contributed by atoms with Crippen molar-refractivity contribution in [2.45, 2.75) is 13.0 Å². The summed E-state index contributed by atoms with van der Waals surface area (Å²) >= 11 is 12.4. The lowest BCUT2D eigenvalue weighted by Crippen LogP contribution is -2.44. The van der Waals surface area contributed by atoms with Crippen LogP contribution in [0.25, 0.3) is 6.08 Å². The fourth-order valence-electron chi connectivity index (χ4n) is 2.64. The van der Waals surface area contributed by atoms with Crippen LogP contribution in [0, 0.1) is 0 Å². The first-order chi connectivity index (χ1) is 13.4. The topological polar surface area (TPSA) is 58.6 Å². The molecule has 0 aliphatic carbocycles. The number of hydrogen-bond acceptors (Lipinski definition) is 5. The highest BCUT2D eigenvalue weighted by molar-refractivity contribution is 8.26. The molecule has 1 heterocycles. The van der Waals surface area contributed by atoms with Crippen molar-refractivity contribution in [3.63, 3.8) is 0 Å². The number of carbonyl (C=O) groups is 2. The van der Waals surface area contributed by atoms with Crippen molar-refractivity contribution in [2.75, 3.05) is 12.4 Å². The lowest BCUT2D eigenvalue weighted by molar-refractivity contribution is -0.129. The highest BCUT2D eigenvalue weighted by atomic mass is 35.5. The molecule has 2 aromatic rings. The van der Waals surface area contributed by atoms with Gasteiger partial charge in [0.05, 0.1) is 12.0 Å². The molecule has 144 valence electrons. The largest absolute Gasteiger partial charge is 0.496 e. The predicted molar refractivity (Wildman–Crippen MR) is 118 cm³/mol. The fourth-order valence-corrected chi connectivity index (χ4v) is 4.17. The zero-order chi connectivity index (χ0) is 20.3. The van der Waals surface area contributed by atoms with Crippen LogP contribution in [0.4, 0.5) is 5.69 Å². The number of para-hydroxylation sites is 1. The second-order valence-electron chi connectivity index (χ2n) is 5.97. The van der Waals surface area contributed by atoms with Gasteiger partial charge in [-0.25, -0.2) is 0 Å². The van der Waals surface area contributed by atoms with E-state index in [1.54, 1.807) is 44.4 Å². The summed E-state index contributed by atoms with van der Waals surface area (Å²) in [4.78, 5) is 27.2. The molecular weight excluding hydrogens is 416 g/mol. The van der Waals surface area contributed by atoms with Gasteiger partial charge in [-0.1, -0.05) is 53.8 Å². The van der Waals surface area contributed by atoms with E-state index in [-0.39, 0.29) is 11.8 Å². The molecule has 3 rings (SSSR count). The van der Waals surface area contributed by atoms with Crippen molar-refractivity contribution < 1.29 is 14.3 Å². The van der Waals surface area contributed by atoms with Gasteiger partial charge < -0.3 is 10.1 Å². The first-order valence-electron chi connectivity index (χ1n) is 8.37. The minimum Gasteiger partial charge on any atom is -0.496 e. The number of hydrogen-bond donors (Lipinski definition) is 1. The number of halogens is 1. The maximum atomic E-state index is 12.9. The zero-order valence-corrected chi connectivity index (χ0v) is 17.5. The minimum absolute atomic E-state index is 0.306. The van der Waals surface area contributed by atoms with Crippen molar-refractivity contribution in [1.29, 1.82) is 0 Å². The number of nitrogens with one attached hydrogen (secondary N) is 1. The van der Waals surface area contributed by atoms with Crippen LogP contribution in [0.15, 0.2) is 53.4 Å². The first kappa shape index (κ1) is 20.4. The third-order valence-electron chi connectivity index (χ3n) is 4.13. The van der Waals surface area contributed by atoms with Gasteiger partial charge in [0.1, 0.15) is 16.1 Å². The lowest BCUT2D eigenvalue weighted by atomic mass is 10.1. The molecule has 5 nitrogen and oxygen atoms in total. The molecule has 28 heavy (non-hydrogen) atoms. The average Bonchev–Trinajstić information content (AvgIpc) is 2.96. The molecule has 0 bridgehead atoms. The molecule has 0 saturated carbocycles. The third kappa shape index (κ3) is 4.38. The van der Waals surface area contributed by atoms with Gasteiger partial charge in [-0.15, -0.1) is 0 Å². The summed E-state index contributed by atoms with van der Waals surface area (Å²) < 4.78 is 5.66. The second kappa shape index (κ2) is 8.77. The van der Waals surface area contributed by atoms with Crippen molar-refractivity contribution >= 4 is 63.5 Å². The molecule has 1 N–H and O–H groups in total. The predicted octanol–water partition coefficient (Wildman–Crippen LogP) is 4.58. The molecule has 1 aliphatic heterocycles. The Morgan fingerprint density at radius 3 is 2.61 bits per heavy atom. The molecule has 1 aliphatic rings. The Morgan fingerprint density at radius 2 is 1.93 bits per heavy atom. The normalized spacial score (nSPS) is 16.4. The second-order valence-corrected chi connectivity index (χ2v) is 8.08. The van der Waals surface area contributed by atoms with Crippen LogP contribution in [0.2, 0.25) is 5.02 Å². The molecule has 2 aromatic carbocycles. The zero-order valence-electron chi connectivity index (χ0n) is 15.1. The SMILES string of the molecule is COc1ccccc1/C=C1\SC(=S)N(C(C)C(=O)Nc2ccc(Cl)cc2)C1=O. The van der Waals surface area contributed by atoms with E-state index in [1.807, 2.05) is 24.3 Å². The number of thioether (sulfide) groups is 1. The molecule has 0 aromatic heterocycles. The Labute approximate surface area is 177 Å². The highest BCUT2D eigenvalue weighted by Crippen LogP contribution is 2.35. The van der Waals surface area contributed by atoms with Crippen molar-refractivity contribution in [3.05, 3.63) is 64.0 Å². The van der Waals surface area contributed by atoms with Crippen LogP contribution in [0.5, 0.6) is 5.75 Å². The summed E-state index contributed by atoms with van der Waals surface area (Å²) in [6.45, 7) is 1.64. The third-order valence-corrected chi connectivity index (χ3v) is 5.71. The lowest BCUT2D eigenvalue weighted by Gasteiger charge is -2.22. The molecule has 8 heteroatoms. The van der Waals surface area contributed by atoms with Crippen molar-refractivity contribution in [3.8, 4) is 5.75 Å². The van der Waals surface area contributed by atoms with Crippen LogP contribution in [-0.2, 0) is 9.59 Å². The summed E-state index contributed by atoms with van der Waals surface area (Å²) in [7, 11) is 1.57. The summed E-state index contributed by atoms with van der Waals surface area (Å²) in [6.07, 6.45) is 1.72. The van der Waals surface area contributed by atoms with Gasteiger partial charge in [-0.05, 0) is 43.3 Å². The number of thiocarbonyl (C=S) groups is 1. The number of amides is 2. The van der Waals surface area contributed by atoms with Gasteiger partial charge in [0.25, 0.3) is 5.91 Å². The molecule has 0 radical (unpaired) electrons. The van der Waals surface area contributed by atoms with Gasteiger partial charge in [0, 0.05) is 16.3 Å². The molecule has 1 fully saturated rings. The van der Waals surface area contributed by atoms with Crippen LogP contribution < -0.4 is 10.1 Å². The smallest absolute Gasteiger partial charge is 0.266 e. The van der Waals surface area contributed by atoms with Crippen molar-refractivity contribution in [1.82, 2.24) is 4.90 Å². The Morgan fingerprint density at radius 1 is 1.25 bits per heavy atom. The highest BCUT2D eigenvalue weighted by Gasteiger charge is 2.38. The molecule has 2 amide bonds. The van der Waals surface area contributed by atoms with Gasteiger partial charge in [0.15, 0.2) is 0 Å². The number of rotatable bonds is 5. The van der Waals surface area contributed by atoms with E-state index in [2.05, 4.69) is 5.32 Å². The summed E-state index contributed by atoms with van der Waals surface area (Å²) in [5, 5.41) is 3.34. The van der Waals surface area contributed by atoms with Crippen LogP contribution >= 0.6 is 35.6 Å². The van der Waals surface area contributed by atoms with Gasteiger partial charge >= 0.3 is 0 Å². The summed E-state index contributed by atoms with van der Waals surface area (Å²) in [5.41, 5.74) is 1.36. The Hall–Kier alpha value is -2.35. The average molecular weight is 433 g/mol. The maximum absolute atomic E-state index is 12.9. The monoisotopic (exact) mass is 432 g/mol. The van der Waals surface area contributed by atoms with Crippen LogP contribution in [0.3, 0.4) is 0 Å². The van der Waals surface area contributed by atoms with Crippen molar-refractivity contribution in [2.24, 2.45) is 0 Å². The van der Waals surface area contributed by atoms with E-state index in [0.717, 1.165) is 5.56 Å². The van der Waals surface area contributed by atoms with E-state index in [1.165, 1.54) is 16.7 Å². The Kier molecular flexibility index (Phi) is 6.39. The number of methoxy groups -OCH3 is 1. The minimum atomic E-state index is -0.758. The van der Waals surface area contributed by atoms with Crippen LogP contribution in [0.1, 0.15) is 12.5 Å². The molecule has 1 atom stereocenters. The van der Waals surface area contributed by atoms with Gasteiger partial charge in [-0.3, -0.25) is 14.5 Å². The molecule has 1 unspecified atom stereocenters. The number of ether oxygens (including phenoxy) is 1. The summed E-state index contributed by atoms with van der Waals surface area (Å²) in [5.74, 6) is 0.0122. The van der Waals surface area contributed by atoms with E-state index >= 15 is 0 Å². The molecule has 1 saturated heterocycles. The van der Waals surface area contributed by atoms with E-state index in [0.29, 0.717) is 25.7 Å². The van der Waals surface area contributed by atoms with E-state index in [4.69, 9.17) is 28.6 Å². The Balaban J connectivity index is 1.78. The number of anilines is 1. The standard InChI is InChI=1S/C20H17ClN2O3S2/c1-12(18(24)22-15-9-7-14(21)8-10-15)23-19(25)17(28-20(23)27)11-13-5-3-4-6-16(13)26-2/h3-12H,1-2H3,(H,22,24)/b17-11-. The first-order valence-corrected chi connectivity index (χ1v) is 9.97. The Bertz CT molecular complexity index is 960. The fraction of sp³-hybridized carbons (Fsp3) is 0.150. The van der Waals surface area contributed by atoms with E-state index in [9.17, 15) is 9.59 Å². The summed E-state index contributed by atoms with van der Waals surface area (Å²) in [6, 6.07) is 13.4.